The molecule has 0 bridgehead atoms. The second-order valence-corrected chi connectivity index (χ2v) is 7.02. The van der Waals surface area contributed by atoms with E-state index in [4.69, 9.17) is 4.74 Å². The number of H-pyrrole nitrogens is 1. The fourth-order valence-electron chi connectivity index (χ4n) is 3.50. The number of nitrogens with one attached hydrogen (secondary N) is 1. The number of pyridine rings is 1. The summed E-state index contributed by atoms with van der Waals surface area (Å²) in [6.45, 7) is 3.92. The van der Waals surface area contributed by atoms with E-state index < -0.39 is 0 Å². The maximum Gasteiger partial charge on any atom is 0.140 e. The molecule has 1 N–H and O–H groups in total. The van der Waals surface area contributed by atoms with Gasteiger partial charge in [-0.15, -0.1) is 0 Å². The summed E-state index contributed by atoms with van der Waals surface area (Å²) in [4.78, 5) is 13.5. The molecule has 144 valence electrons. The summed E-state index contributed by atoms with van der Waals surface area (Å²) in [7, 11) is 1.89. The van der Waals surface area contributed by atoms with E-state index in [1.165, 1.54) is 0 Å². The van der Waals surface area contributed by atoms with Gasteiger partial charge in [0.25, 0.3) is 0 Å². The maximum atomic E-state index is 6.24. The zero-order chi connectivity index (χ0) is 20.0. The minimum atomic E-state index is -0.291. The highest BCUT2D eigenvalue weighted by atomic mass is 16.5. The summed E-state index contributed by atoms with van der Waals surface area (Å²) in [5.41, 5.74) is 5.96. The Morgan fingerprint density at radius 1 is 1.14 bits per heavy atom. The number of aromatic amines is 1. The van der Waals surface area contributed by atoms with Crippen LogP contribution in [0.25, 0.3) is 33.2 Å². The molecule has 0 aliphatic carbocycles. The molecular formula is C21H19N7O. The molecule has 0 saturated heterocycles. The first-order chi connectivity index (χ1) is 14.1. The Balaban J connectivity index is 1.52. The van der Waals surface area contributed by atoms with Crippen molar-refractivity contribution in [2.75, 3.05) is 0 Å². The third-order valence-electron chi connectivity index (χ3n) is 4.82. The van der Waals surface area contributed by atoms with Crippen LogP contribution in [-0.2, 0) is 7.05 Å². The molecule has 0 aliphatic rings. The molecule has 29 heavy (non-hydrogen) atoms. The van der Waals surface area contributed by atoms with Crippen molar-refractivity contribution in [3.8, 4) is 17.0 Å². The molecular weight excluding hydrogens is 366 g/mol. The number of hydrogen-bond donors (Lipinski definition) is 1. The SMILES string of the molecule is Cc1cc2nccnc2c(C(C)Oc2ccc3[nH]nc(-c4cnn(C)c4)c3c2)n1. The van der Waals surface area contributed by atoms with Crippen molar-refractivity contribution < 1.29 is 4.74 Å². The Morgan fingerprint density at radius 3 is 2.83 bits per heavy atom. The van der Waals surface area contributed by atoms with Crippen LogP contribution in [0.1, 0.15) is 24.4 Å². The molecule has 5 rings (SSSR count). The van der Waals surface area contributed by atoms with E-state index in [9.17, 15) is 0 Å². The Labute approximate surface area is 166 Å². The van der Waals surface area contributed by atoms with Gasteiger partial charge in [0.1, 0.15) is 28.8 Å². The molecule has 0 saturated carbocycles. The normalized spacial score (nSPS) is 12.5. The minimum Gasteiger partial charge on any atom is -0.484 e. The fourth-order valence-corrected chi connectivity index (χ4v) is 3.50. The van der Waals surface area contributed by atoms with Crippen molar-refractivity contribution >= 4 is 21.9 Å². The molecule has 4 heterocycles. The van der Waals surface area contributed by atoms with Gasteiger partial charge in [-0.05, 0) is 38.1 Å². The zero-order valence-electron chi connectivity index (χ0n) is 16.3. The molecule has 5 aromatic rings. The van der Waals surface area contributed by atoms with E-state index >= 15 is 0 Å². The highest BCUT2D eigenvalue weighted by molar-refractivity contribution is 5.93. The van der Waals surface area contributed by atoms with Gasteiger partial charge < -0.3 is 4.74 Å². The van der Waals surface area contributed by atoms with E-state index in [0.29, 0.717) is 0 Å². The fraction of sp³-hybridized carbons (Fsp3) is 0.190. The molecule has 1 unspecified atom stereocenters. The monoisotopic (exact) mass is 385 g/mol. The predicted molar refractivity (Wildman–Crippen MR) is 109 cm³/mol. The topological polar surface area (TPSA) is 94.4 Å². The van der Waals surface area contributed by atoms with Crippen LogP contribution in [0, 0.1) is 6.92 Å². The maximum absolute atomic E-state index is 6.24. The van der Waals surface area contributed by atoms with E-state index in [1.54, 1.807) is 23.3 Å². The van der Waals surface area contributed by atoms with Gasteiger partial charge in [-0.25, -0.2) is 0 Å². The average molecular weight is 385 g/mol. The van der Waals surface area contributed by atoms with E-state index in [1.807, 2.05) is 51.4 Å². The second kappa shape index (κ2) is 6.66. The molecule has 0 aliphatic heterocycles. The molecule has 4 aromatic heterocycles. The zero-order valence-corrected chi connectivity index (χ0v) is 16.3. The van der Waals surface area contributed by atoms with Crippen LogP contribution in [0.5, 0.6) is 5.75 Å². The summed E-state index contributed by atoms with van der Waals surface area (Å²) < 4.78 is 8.00. The Morgan fingerprint density at radius 2 is 2.00 bits per heavy atom. The first-order valence-corrected chi connectivity index (χ1v) is 9.30. The summed E-state index contributed by atoms with van der Waals surface area (Å²) in [5.74, 6) is 0.733. The third-order valence-corrected chi connectivity index (χ3v) is 4.82. The minimum absolute atomic E-state index is 0.291. The summed E-state index contributed by atoms with van der Waals surface area (Å²) in [6.07, 6.45) is 6.80. The predicted octanol–water partition coefficient (Wildman–Crippen LogP) is 3.75. The van der Waals surface area contributed by atoms with Crippen LogP contribution in [0.4, 0.5) is 0 Å². The van der Waals surface area contributed by atoms with Crippen molar-refractivity contribution in [1.82, 2.24) is 34.9 Å². The molecule has 8 heteroatoms. The number of hydrogen-bond acceptors (Lipinski definition) is 6. The van der Waals surface area contributed by atoms with Gasteiger partial charge in [-0.1, -0.05) is 0 Å². The first kappa shape index (κ1) is 17.3. The van der Waals surface area contributed by atoms with Crippen molar-refractivity contribution in [3.63, 3.8) is 0 Å². The van der Waals surface area contributed by atoms with Gasteiger partial charge in [-0.2, -0.15) is 10.2 Å². The lowest BCUT2D eigenvalue weighted by Crippen LogP contribution is -2.08. The van der Waals surface area contributed by atoms with Gasteiger partial charge >= 0.3 is 0 Å². The number of ether oxygens (including phenoxy) is 1. The quantitative estimate of drug-likeness (QED) is 0.506. The number of rotatable bonds is 4. The standard InChI is InChI=1S/C21H19N7O/c1-12-8-18-21(23-7-6-22-18)19(25-12)13(2)29-15-4-5-17-16(9-15)20(27-26-17)14-10-24-28(3)11-14/h4-11,13H,1-3H3,(H,26,27). The molecule has 1 atom stereocenters. The third kappa shape index (κ3) is 3.08. The number of aromatic nitrogens is 7. The van der Waals surface area contributed by atoms with Crippen LogP contribution in [0.15, 0.2) is 49.1 Å². The lowest BCUT2D eigenvalue weighted by Gasteiger charge is -2.16. The van der Waals surface area contributed by atoms with Crippen LogP contribution >= 0.6 is 0 Å². The first-order valence-electron chi connectivity index (χ1n) is 9.30. The van der Waals surface area contributed by atoms with Crippen LogP contribution in [-0.4, -0.2) is 34.9 Å². The summed E-state index contributed by atoms with van der Waals surface area (Å²) in [6, 6.07) is 7.80. The Kier molecular flexibility index (Phi) is 3.97. The van der Waals surface area contributed by atoms with E-state index in [0.717, 1.165) is 50.3 Å². The molecule has 0 spiro atoms. The van der Waals surface area contributed by atoms with Crippen molar-refractivity contribution in [2.45, 2.75) is 20.0 Å². The van der Waals surface area contributed by atoms with Gasteiger partial charge in [0.15, 0.2) is 0 Å². The number of benzene rings is 1. The van der Waals surface area contributed by atoms with Crippen LogP contribution in [0.3, 0.4) is 0 Å². The van der Waals surface area contributed by atoms with Crippen LogP contribution < -0.4 is 4.74 Å². The van der Waals surface area contributed by atoms with Crippen molar-refractivity contribution in [2.24, 2.45) is 7.05 Å². The number of nitrogens with zero attached hydrogens (tertiary/aromatic N) is 6. The van der Waals surface area contributed by atoms with Gasteiger partial charge in [0, 0.05) is 42.3 Å². The number of aryl methyl sites for hydroxylation is 2. The molecule has 1 aromatic carbocycles. The largest absolute Gasteiger partial charge is 0.484 e. The summed E-state index contributed by atoms with van der Waals surface area (Å²) >= 11 is 0. The highest BCUT2D eigenvalue weighted by Gasteiger charge is 2.17. The highest BCUT2D eigenvalue weighted by Crippen LogP contribution is 2.31. The van der Waals surface area contributed by atoms with E-state index in [-0.39, 0.29) is 6.10 Å². The van der Waals surface area contributed by atoms with Crippen LogP contribution in [0.2, 0.25) is 0 Å². The van der Waals surface area contributed by atoms with Gasteiger partial charge in [-0.3, -0.25) is 24.7 Å². The number of fused-ring (bicyclic) bond motifs is 2. The van der Waals surface area contributed by atoms with Gasteiger partial charge in [0.05, 0.1) is 17.2 Å². The molecule has 0 amide bonds. The van der Waals surface area contributed by atoms with Gasteiger partial charge in [0.2, 0.25) is 0 Å². The van der Waals surface area contributed by atoms with Crippen molar-refractivity contribution in [3.05, 3.63) is 60.4 Å². The summed E-state index contributed by atoms with van der Waals surface area (Å²) in [5, 5.41) is 12.7. The molecule has 0 radical (unpaired) electrons. The lowest BCUT2D eigenvalue weighted by molar-refractivity contribution is 0.223. The Bertz CT molecular complexity index is 1340. The van der Waals surface area contributed by atoms with Crippen molar-refractivity contribution in [1.29, 1.82) is 0 Å². The smallest absolute Gasteiger partial charge is 0.140 e. The Hall–Kier alpha value is -3.81. The van der Waals surface area contributed by atoms with E-state index in [2.05, 4.69) is 30.2 Å². The molecule has 8 nitrogen and oxygen atoms in total. The molecule has 0 fully saturated rings. The lowest BCUT2D eigenvalue weighted by atomic mass is 10.1. The average Bonchev–Trinajstić information content (AvgIpc) is 3.32. The second-order valence-electron chi connectivity index (χ2n) is 7.02.